The third kappa shape index (κ3) is 8.55. The lowest BCUT2D eigenvalue weighted by atomic mass is 10.1. The summed E-state index contributed by atoms with van der Waals surface area (Å²) in [6.07, 6.45) is 0.568. The highest BCUT2D eigenvalue weighted by Crippen LogP contribution is 2.10. The topological polar surface area (TPSA) is 21.3 Å². The fourth-order valence-electron chi connectivity index (χ4n) is 0.387. The fourth-order valence-corrected chi connectivity index (χ4v) is 0.980. The summed E-state index contributed by atoms with van der Waals surface area (Å²) in [5, 5.41) is 3.02. The van der Waals surface area contributed by atoms with Gasteiger partial charge in [-0.15, -0.1) is 21.2 Å². The van der Waals surface area contributed by atoms with Crippen molar-refractivity contribution < 1.29 is 4.74 Å². The zero-order chi connectivity index (χ0) is 7.82. The van der Waals surface area contributed by atoms with Crippen LogP contribution in [-0.4, -0.2) is 32.9 Å². The molecule has 0 heterocycles. The molecule has 2 radical (unpaired) electrons. The van der Waals surface area contributed by atoms with E-state index in [4.69, 9.17) is 12.6 Å². The molecule has 1 unspecified atom stereocenters. The lowest BCUT2D eigenvalue weighted by molar-refractivity contribution is 0.134. The van der Waals surface area contributed by atoms with Gasteiger partial charge in [0.1, 0.15) is 0 Å². The first-order valence-corrected chi connectivity index (χ1v) is 5.57. The molecule has 0 spiro atoms. The number of hydrogen-bond donors (Lipinski definition) is 2. The molecule has 1 N–H and O–H groups in total. The molecule has 1 atom stereocenters. The second kappa shape index (κ2) is 7.66. The van der Waals surface area contributed by atoms with Crippen molar-refractivity contribution in [3.63, 3.8) is 0 Å². The van der Waals surface area contributed by atoms with Gasteiger partial charge in [-0.25, -0.2) is 0 Å². The summed E-state index contributed by atoms with van der Waals surface area (Å²) in [5.41, 5.74) is 0. The molecule has 0 bridgehead atoms. The van der Waals surface area contributed by atoms with E-state index in [1.54, 1.807) is 0 Å². The first-order chi connectivity index (χ1) is 4.77. The summed E-state index contributed by atoms with van der Waals surface area (Å²) in [4.78, 5) is 0. The van der Waals surface area contributed by atoms with E-state index >= 15 is 0 Å². The Morgan fingerprint density at radius 1 is 1.70 bits per heavy atom. The molecule has 0 aromatic heterocycles. The minimum Gasteiger partial charge on any atom is -0.367 e. The molecule has 0 amide bonds. The maximum atomic E-state index is 5.19. The van der Waals surface area contributed by atoms with Crippen LogP contribution in [0.25, 0.3) is 0 Å². The molecule has 2 nitrogen and oxygen atoms in total. The quantitative estimate of drug-likeness (QED) is 0.155. The SMILES string of the molecule is [B]CCOCNCS(=C)S. The highest BCUT2D eigenvalue weighted by atomic mass is 33.1. The van der Waals surface area contributed by atoms with E-state index < -0.39 is 0 Å². The van der Waals surface area contributed by atoms with Gasteiger partial charge in [0.15, 0.2) is 0 Å². The smallest absolute Gasteiger partial charge is 0.0971 e. The summed E-state index contributed by atoms with van der Waals surface area (Å²) >= 11 is 4.10. The molecule has 10 heavy (non-hydrogen) atoms. The molecule has 0 fully saturated rings. The molecular weight excluding hydrogens is 165 g/mol. The van der Waals surface area contributed by atoms with Gasteiger partial charge in [-0.05, 0) is 0 Å². The average molecular weight is 177 g/mol. The van der Waals surface area contributed by atoms with Gasteiger partial charge in [0.05, 0.1) is 14.6 Å². The van der Waals surface area contributed by atoms with Crippen molar-refractivity contribution in [2.75, 3.05) is 19.2 Å². The van der Waals surface area contributed by atoms with Crippen LogP contribution < -0.4 is 5.32 Å². The van der Waals surface area contributed by atoms with Crippen molar-refractivity contribution in [3.05, 3.63) is 0 Å². The van der Waals surface area contributed by atoms with Gasteiger partial charge >= 0.3 is 0 Å². The van der Waals surface area contributed by atoms with Crippen LogP contribution in [0.5, 0.6) is 0 Å². The molecule has 58 valence electrons. The van der Waals surface area contributed by atoms with Gasteiger partial charge in [-0.1, -0.05) is 12.2 Å². The molecule has 0 rings (SSSR count). The zero-order valence-electron chi connectivity index (χ0n) is 5.88. The fraction of sp³-hybridized carbons (Fsp3) is 0.800. The van der Waals surface area contributed by atoms with Crippen molar-refractivity contribution in [3.8, 4) is 0 Å². The van der Waals surface area contributed by atoms with Crippen molar-refractivity contribution in [1.29, 1.82) is 0 Å². The molecule has 0 aliphatic carbocycles. The van der Waals surface area contributed by atoms with E-state index in [9.17, 15) is 0 Å². The number of hydrogen-bond acceptors (Lipinski definition) is 3. The highest BCUT2D eigenvalue weighted by molar-refractivity contribution is 8.76. The third-order valence-corrected chi connectivity index (χ3v) is 1.66. The number of ether oxygens (including phenoxy) is 1. The van der Waals surface area contributed by atoms with Gasteiger partial charge in [-0.2, -0.15) is 0 Å². The van der Waals surface area contributed by atoms with Gasteiger partial charge < -0.3 is 4.74 Å². The van der Waals surface area contributed by atoms with Crippen molar-refractivity contribution in [2.24, 2.45) is 0 Å². The first-order valence-electron chi connectivity index (χ1n) is 2.95. The second-order valence-electron chi connectivity index (χ2n) is 1.70. The van der Waals surface area contributed by atoms with E-state index in [2.05, 4.69) is 22.8 Å². The molecule has 0 aromatic rings. The Morgan fingerprint density at radius 3 is 2.90 bits per heavy atom. The van der Waals surface area contributed by atoms with Crippen LogP contribution in [0.1, 0.15) is 0 Å². The van der Waals surface area contributed by atoms with Crippen molar-refractivity contribution in [1.82, 2.24) is 5.32 Å². The van der Waals surface area contributed by atoms with E-state index in [0.29, 0.717) is 19.7 Å². The van der Waals surface area contributed by atoms with Gasteiger partial charge in [0.2, 0.25) is 0 Å². The summed E-state index contributed by atoms with van der Waals surface area (Å²) in [5.74, 6) is 4.49. The van der Waals surface area contributed by atoms with Crippen LogP contribution in [0.3, 0.4) is 0 Å². The summed E-state index contributed by atoms with van der Waals surface area (Å²) in [6.45, 7) is 1.14. The number of thiol groups is 1. The average Bonchev–Trinajstić information content (AvgIpc) is 1.87. The molecule has 0 saturated carbocycles. The first kappa shape index (κ1) is 10.6. The largest absolute Gasteiger partial charge is 0.367 e. The predicted octanol–water partition coefficient (Wildman–Crippen LogP) is 0.640. The Hall–Kier alpha value is 0.555. The van der Waals surface area contributed by atoms with Crippen LogP contribution >= 0.6 is 21.2 Å². The molecule has 0 saturated heterocycles. The highest BCUT2D eigenvalue weighted by Gasteiger charge is 1.84. The van der Waals surface area contributed by atoms with E-state index in [1.165, 1.54) is 0 Å². The predicted molar refractivity (Wildman–Crippen MR) is 53.1 cm³/mol. The van der Waals surface area contributed by atoms with Crippen LogP contribution in [0.2, 0.25) is 6.32 Å². The van der Waals surface area contributed by atoms with Crippen LogP contribution in [-0.2, 0) is 4.74 Å². The Morgan fingerprint density at radius 2 is 2.40 bits per heavy atom. The zero-order valence-corrected chi connectivity index (χ0v) is 7.59. The lowest BCUT2D eigenvalue weighted by Crippen LogP contribution is -2.17. The minimum atomic E-state index is -0.0989. The molecule has 0 aliphatic rings. The second-order valence-corrected chi connectivity index (χ2v) is 4.46. The van der Waals surface area contributed by atoms with Crippen LogP contribution in [0.15, 0.2) is 0 Å². The molecule has 0 aromatic carbocycles. The van der Waals surface area contributed by atoms with Crippen molar-refractivity contribution in [2.45, 2.75) is 6.32 Å². The number of nitrogens with one attached hydrogen (secondary N) is 1. The van der Waals surface area contributed by atoms with Crippen LogP contribution in [0.4, 0.5) is 0 Å². The van der Waals surface area contributed by atoms with E-state index in [-0.39, 0.29) is 9.52 Å². The molecule has 0 aliphatic heterocycles. The Bertz CT molecular complexity index is 102. The normalized spacial score (nSPS) is 13.3. The van der Waals surface area contributed by atoms with E-state index in [0.717, 1.165) is 5.88 Å². The van der Waals surface area contributed by atoms with Gasteiger partial charge in [0, 0.05) is 12.5 Å². The molecule has 5 heteroatoms. The lowest BCUT2D eigenvalue weighted by Gasteiger charge is -2.03. The van der Waals surface area contributed by atoms with Crippen molar-refractivity contribution >= 4 is 34.9 Å². The van der Waals surface area contributed by atoms with Gasteiger partial charge in [0.25, 0.3) is 0 Å². The Kier molecular flexibility index (Phi) is 8.08. The monoisotopic (exact) mass is 177 g/mol. The minimum absolute atomic E-state index is 0.0989. The standard InChI is InChI=1S/C5H12BNOS2/c1-10(9)5-7-4-8-3-2-6/h7,9H,1-5H2. The number of rotatable bonds is 6. The van der Waals surface area contributed by atoms with E-state index in [1.807, 2.05) is 0 Å². The summed E-state index contributed by atoms with van der Waals surface area (Å²) in [6, 6.07) is 0. The Balaban J connectivity index is 2.84. The maximum Gasteiger partial charge on any atom is 0.0971 e. The maximum absolute atomic E-state index is 5.19. The third-order valence-electron chi connectivity index (χ3n) is 0.735. The van der Waals surface area contributed by atoms with Crippen LogP contribution in [0, 0.1) is 0 Å². The Labute approximate surface area is 70.9 Å². The summed E-state index contributed by atoms with van der Waals surface area (Å²) < 4.78 is 5.04. The summed E-state index contributed by atoms with van der Waals surface area (Å²) in [7, 11) is 5.09. The molecular formula is C5H12BNOS2. The van der Waals surface area contributed by atoms with Gasteiger partial charge in [-0.3, -0.25) is 5.32 Å².